The fraction of sp³-hybridized carbons (Fsp3) is 0.650. The van der Waals surface area contributed by atoms with Crippen LogP contribution in [0.3, 0.4) is 0 Å². The van der Waals surface area contributed by atoms with Gasteiger partial charge in [-0.25, -0.2) is 0 Å². The average molecular weight is 370 g/mol. The predicted molar refractivity (Wildman–Crippen MR) is 96.9 cm³/mol. The van der Waals surface area contributed by atoms with Gasteiger partial charge < -0.3 is 10.6 Å². The van der Waals surface area contributed by atoms with Crippen molar-refractivity contribution in [2.45, 2.75) is 51.6 Å². The summed E-state index contributed by atoms with van der Waals surface area (Å²) < 4.78 is 38.4. The second-order valence-electron chi connectivity index (χ2n) is 7.45. The van der Waals surface area contributed by atoms with E-state index < -0.39 is 11.7 Å². The van der Waals surface area contributed by atoms with Crippen molar-refractivity contribution >= 4 is 5.91 Å². The first-order valence-corrected chi connectivity index (χ1v) is 9.42. The molecule has 1 heterocycles. The lowest BCUT2D eigenvalue weighted by Gasteiger charge is -2.28. The van der Waals surface area contributed by atoms with E-state index in [2.05, 4.69) is 17.6 Å². The summed E-state index contributed by atoms with van der Waals surface area (Å²) in [4.78, 5) is 12.1. The van der Waals surface area contributed by atoms with Gasteiger partial charge in [-0.2, -0.15) is 13.2 Å². The zero-order chi connectivity index (χ0) is 19.2. The first-order valence-electron chi connectivity index (χ1n) is 9.42. The maximum absolute atomic E-state index is 12.8. The number of piperidine rings is 1. The number of carbonyl (C=O) groups excluding carboxylic acids is 1. The molecule has 0 radical (unpaired) electrons. The SMILES string of the molecule is CC(CCNC(=O)CC(C)C1CCCNC1)c1cccc(C(F)(F)F)c1. The van der Waals surface area contributed by atoms with Crippen molar-refractivity contribution in [1.82, 2.24) is 10.6 Å². The van der Waals surface area contributed by atoms with Gasteiger partial charge in [-0.1, -0.05) is 32.0 Å². The fourth-order valence-corrected chi connectivity index (χ4v) is 3.51. The van der Waals surface area contributed by atoms with Crippen LogP contribution in [0.25, 0.3) is 0 Å². The normalized spacial score (nSPS) is 20.4. The molecule has 0 aromatic heterocycles. The Morgan fingerprint density at radius 1 is 1.35 bits per heavy atom. The lowest BCUT2D eigenvalue weighted by molar-refractivity contribution is -0.137. The molecule has 1 aliphatic rings. The Balaban J connectivity index is 1.75. The van der Waals surface area contributed by atoms with Crippen molar-refractivity contribution in [3.05, 3.63) is 35.4 Å². The number of carbonyl (C=O) groups is 1. The molecule has 6 heteroatoms. The van der Waals surface area contributed by atoms with Crippen molar-refractivity contribution in [3.8, 4) is 0 Å². The van der Waals surface area contributed by atoms with E-state index in [1.807, 2.05) is 6.92 Å². The van der Waals surface area contributed by atoms with Gasteiger partial charge in [0.1, 0.15) is 0 Å². The van der Waals surface area contributed by atoms with Crippen molar-refractivity contribution in [1.29, 1.82) is 0 Å². The summed E-state index contributed by atoms with van der Waals surface area (Å²) in [7, 11) is 0. The maximum atomic E-state index is 12.8. The van der Waals surface area contributed by atoms with Crippen LogP contribution in [-0.2, 0) is 11.0 Å². The smallest absolute Gasteiger partial charge is 0.356 e. The molecule has 1 aromatic rings. The number of nitrogens with one attached hydrogen (secondary N) is 2. The number of halogens is 3. The fourth-order valence-electron chi connectivity index (χ4n) is 3.51. The molecule has 1 saturated heterocycles. The van der Waals surface area contributed by atoms with E-state index in [1.54, 1.807) is 6.07 Å². The second kappa shape index (κ2) is 9.40. The van der Waals surface area contributed by atoms with Crippen LogP contribution < -0.4 is 10.6 Å². The van der Waals surface area contributed by atoms with Crippen LogP contribution in [0.2, 0.25) is 0 Å². The van der Waals surface area contributed by atoms with Crippen LogP contribution >= 0.6 is 0 Å². The highest BCUT2D eigenvalue weighted by atomic mass is 19.4. The van der Waals surface area contributed by atoms with Gasteiger partial charge in [0.2, 0.25) is 5.91 Å². The summed E-state index contributed by atoms with van der Waals surface area (Å²) in [6.07, 6.45) is -0.885. The van der Waals surface area contributed by atoms with Crippen molar-refractivity contribution in [3.63, 3.8) is 0 Å². The van der Waals surface area contributed by atoms with Gasteiger partial charge in [0.25, 0.3) is 0 Å². The highest BCUT2D eigenvalue weighted by molar-refractivity contribution is 5.76. The number of hydrogen-bond acceptors (Lipinski definition) is 2. The van der Waals surface area contributed by atoms with Gasteiger partial charge in [0.15, 0.2) is 0 Å². The number of hydrogen-bond donors (Lipinski definition) is 2. The number of rotatable bonds is 7. The zero-order valence-electron chi connectivity index (χ0n) is 15.5. The third kappa shape index (κ3) is 6.31. The average Bonchev–Trinajstić information content (AvgIpc) is 2.61. The van der Waals surface area contributed by atoms with Crippen LogP contribution in [0.1, 0.15) is 56.6 Å². The van der Waals surface area contributed by atoms with E-state index in [0.717, 1.165) is 32.0 Å². The molecule has 3 unspecified atom stereocenters. The Bertz CT molecular complexity index is 583. The van der Waals surface area contributed by atoms with Gasteiger partial charge in [0.05, 0.1) is 5.56 Å². The molecule has 1 aromatic carbocycles. The summed E-state index contributed by atoms with van der Waals surface area (Å²) in [5.41, 5.74) is 0.0246. The minimum absolute atomic E-state index is 0.0271. The standard InChI is InChI=1S/C20H29F3N2O/c1-14(16-5-3-7-18(12-16)20(21,22)23)8-10-25-19(26)11-15(2)17-6-4-9-24-13-17/h3,5,7,12,14-15,17,24H,4,6,8-11,13H2,1-2H3,(H,25,26). The van der Waals surface area contributed by atoms with E-state index in [9.17, 15) is 18.0 Å². The first kappa shape index (κ1) is 20.7. The molecule has 0 saturated carbocycles. The van der Waals surface area contributed by atoms with Crippen molar-refractivity contribution in [2.75, 3.05) is 19.6 Å². The molecule has 0 spiro atoms. The number of alkyl halides is 3. The molecule has 1 aliphatic heterocycles. The largest absolute Gasteiger partial charge is 0.416 e. The maximum Gasteiger partial charge on any atom is 0.416 e. The van der Waals surface area contributed by atoms with E-state index >= 15 is 0 Å². The Morgan fingerprint density at radius 3 is 2.77 bits per heavy atom. The topological polar surface area (TPSA) is 41.1 Å². The molecule has 146 valence electrons. The summed E-state index contributed by atoms with van der Waals surface area (Å²) >= 11 is 0. The lowest BCUT2D eigenvalue weighted by Crippen LogP contribution is -2.35. The summed E-state index contributed by atoms with van der Waals surface area (Å²) in [5.74, 6) is 0.860. The van der Waals surface area contributed by atoms with Crippen LogP contribution in [0, 0.1) is 11.8 Å². The molecule has 1 amide bonds. The molecular formula is C20H29F3N2O. The monoisotopic (exact) mass is 370 g/mol. The Morgan fingerprint density at radius 2 is 2.12 bits per heavy atom. The van der Waals surface area contributed by atoms with Crippen LogP contribution in [0.15, 0.2) is 24.3 Å². The molecule has 26 heavy (non-hydrogen) atoms. The van der Waals surface area contributed by atoms with Gasteiger partial charge in [-0.05, 0) is 61.7 Å². The molecule has 3 atom stereocenters. The van der Waals surface area contributed by atoms with E-state index in [1.165, 1.54) is 12.1 Å². The van der Waals surface area contributed by atoms with Gasteiger partial charge in [-0.15, -0.1) is 0 Å². The first-order chi connectivity index (χ1) is 12.3. The summed E-state index contributed by atoms with van der Waals surface area (Å²) in [6, 6.07) is 5.43. The van der Waals surface area contributed by atoms with E-state index in [4.69, 9.17) is 0 Å². The number of amides is 1. The highest BCUT2D eigenvalue weighted by Crippen LogP contribution is 2.31. The Labute approximate surface area is 153 Å². The molecule has 2 N–H and O–H groups in total. The third-order valence-corrected chi connectivity index (χ3v) is 5.33. The third-order valence-electron chi connectivity index (χ3n) is 5.33. The highest BCUT2D eigenvalue weighted by Gasteiger charge is 2.30. The molecular weight excluding hydrogens is 341 g/mol. The van der Waals surface area contributed by atoms with Crippen LogP contribution in [0.5, 0.6) is 0 Å². The second-order valence-corrected chi connectivity index (χ2v) is 7.45. The zero-order valence-corrected chi connectivity index (χ0v) is 15.5. The summed E-state index contributed by atoms with van der Waals surface area (Å²) in [5, 5.41) is 6.29. The van der Waals surface area contributed by atoms with Crippen LogP contribution in [-0.4, -0.2) is 25.5 Å². The minimum atomic E-state index is -4.33. The molecule has 0 aliphatic carbocycles. The predicted octanol–water partition coefficient (Wildman–Crippen LogP) is 4.34. The lowest BCUT2D eigenvalue weighted by atomic mass is 9.85. The van der Waals surface area contributed by atoms with Gasteiger partial charge >= 0.3 is 6.18 Å². The van der Waals surface area contributed by atoms with E-state index in [0.29, 0.717) is 36.8 Å². The van der Waals surface area contributed by atoms with E-state index in [-0.39, 0.29) is 11.8 Å². The molecule has 3 nitrogen and oxygen atoms in total. The summed E-state index contributed by atoms with van der Waals surface area (Å²) in [6.45, 7) is 6.51. The molecule has 0 bridgehead atoms. The van der Waals surface area contributed by atoms with Gasteiger partial charge in [0, 0.05) is 13.0 Å². The molecule has 2 rings (SSSR count). The minimum Gasteiger partial charge on any atom is -0.356 e. The van der Waals surface area contributed by atoms with Crippen molar-refractivity contribution in [2.24, 2.45) is 11.8 Å². The Kier molecular flexibility index (Phi) is 7.50. The van der Waals surface area contributed by atoms with Crippen LogP contribution in [0.4, 0.5) is 13.2 Å². The number of benzene rings is 1. The quantitative estimate of drug-likeness (QED) is 0.750. The molecule has 1 fully saturated rings. The van der Waals surface area contributed by atoms with Crippen molar-refractivity contribution < 1.29 is 18.0 Å². The Hall–Kier alpha value is -1.56. The van der Waals surface area contributed by atoms with Gasteiger partial charge in [-0.3, -0.25) is 4.79 Å².